The minimum atomic E-state index is -0.495. The van der Waals surface area contributed by atoms with E-state index in [2.05, 4.69) is 10.1 Å². The average Bonchev–Trinajstić information content (AvgIpc) is 2.65. The largest absolute Gasteiger partial charge is 0.497 e. The lowest BCUT2D eigenvalue weighted by Gasteiger charge is -2.32. The van der Waals surface area contributed by atoms with Gasteiger partial charge in [0.1, 0.15) is 12.3 Å². The van der Waals surface area contributed by atoms with Crippen LogP contribution in [0.5, 0.6) is 5.75 Å². The van der Waals surface area contributed by atoms with E-state index in [-0.39, 0.29) is 24.3 Å². The Labute approximate surface area is 140 Å². The number of nitrogens with zero attached hydrogens (tertiary/aromatic N) is 1. The topological polar surface area (TPSA) is 84.9 Å². The molecule has 130 valence electrons. The smallest absolute Gasteiger partial charge is 0.325 e. The number of hydrogen-bond acceptors (Lipinski definition) is 5. The molecule has 1 heterocycles. The highest BCUT2D eigenvalue weighted by Gasteiger charge is 2.29. The summed E-state index contributed by atoms with van der Waals surface area (Å²) in [6.45, 7) is 0.807. The molecular weight excluding hydrogens is 312 g/mol. The molecule has 0 radical (unpaired) electrons. The molecule has 1 N–H and O–H groups in total. The maximum absolute atomic E-state index is 12.6. The van der Waals surface area contributed by atoms with Crippen molar-refractivity contribution in [3.8, 4) is 5.75 Å². The first-order valence-corrected chi connectivity index (χ1v) is 7.83. The molecule has 7 nitrogen and oxygen atoms in total. The molecule has 1 atom stereocenters. The lowest BCUT2D eigenvalue weighted by molar-refractivity contribution is -0.141. The van der Waals surface area contributed by atoms with Crippen molar-refractivity contribution < 1.29 is 23.9 Å². The Morgan fingerprint density at radius 3 is 2.54 bits per heavy atom. The summed E-state index contributed by atoms with van der Waals surface area (Å²) < 4.78 is 9.58. The summed E-state index contributed by atoms with van der Waals surface area (Å²) >= 11 is 0. The first-order chi connectivity index (χ1) is 11.5. The first kappa shape index (κ1) is 17.8. The van der Waals surface area contributed by atoms with Crippen molar-refractivity contribution in [2.45, 2.75) is 12.8 Å². The van der Waals surface area contributed by atoms with Crippen LogP contribution in [0.25, 0.3) is 0 Å². The van der Waals surface area contributed by atoms with Gasteiger partial charge in [0.2, 0.25) is 5.91 Å². The van der Waals surface area contributed by atoms with Crippen LogP contribution >= 0.6 is 0 Å². The number of methoxy groups -OCH3 is 2. The fourth-order valence-electron chi connectivity index (χ4n) is 2.67. The third kappa shape index (κ3) is 4.47. The van der Waals surface area contributed by atoms with E-state index in [1.165, 1.54) is 7.11 Å². The van der Waals surface area contributed by atoms with Gasteiger partial charge in [-0.3, -0.25) is 14.4 Å². The van der Waals surface area contributed by atoms with Gasteiger partial charge in [-0.15, -0.1) is 0 Å². The Morgan fingerprint density at radius 1 is 1.21 bits per heavy atom. The molecule has 1 aliphatic rings. The van der Waals surface area contributed by atoms with Gasteiger partial charge >= 0.3 is 5.97 Å². The maximum Gasteiger partial charge on any atom is 0.325 e. The number of esters is 1. The van der Waals surface area contributed by atoms with Crippen molar-refractivity contribution in [2.75, 3.05) is 33.9 Å². The predicted octanol–water partition coefficient (Wildman–Crippen LogP) is 0.837. The molecule has 0 spiro atoms. The van der Waals surface area contributed by atoms with E-state index in [9.17, 15) is 14.4 Å². The van der Waals surface area contributed by atoms with Crippen molar-refractivity contribution in [1.29, 1.82) is 0 Å². The van der Waals surface area contributed by atoms with Crippen molar-refractivity contribution >= 4 is 17.8 Å². The van der Waals surface area contributed by atoms with Gasteiger partial charge in [-0.25, -0.2) is 0 Å². The van der Waals surface area contributed by atoms with Crippen LogP contribution in [0.1, 0.15) is 23.2 Å². The molecule has 0 aliphatic carbocycles. The van der Waals surface area contributed by atoms with E-state index in [4.69, 9.17) is 4.74 Å². The molecule has 0 aromatic heterocycles. The molecule has 1 unspecified atom stereocenters. The van der Waals surface area contributed by atoms with Crippen LogP contribution in [0.4, 0.5) is 0 Å². The second-order valence-corrected chi connectivity index (χ2v) is 5.61. The number of hydrogen-bond donors (Lipinski definition) is 1. The Bertz CT molecular complexity index is 600. The van der Waals surface area contributed by atoms with E-state index in [0.717, 1.165) is 6.42 Å². The summed E-state index contributed by atoms with van der Waals surface area (Å²) in [6, 6.07) is 6.89. The second kappa shape index (κ2) is 8.33. The molecule has 24 heavy (non-hydrogen) atoms. The third-order valence-corrected chi connectivity index (χ3v) is 4.05. The molecule has 0 saturated carbocycles. The zero-order chi connectivity index (χ0) is 17.5. The normalized spacial score (nSPS) is 17.1. The SMILES string of the molecule is COC(=O)CNC(=O)C1CCCN(C(=O)c2ccc(OC)cc2)C1. The highest BCUT2D eigenvalue weighted by Crippen LogP contribution is 2.20. The number of ether oxygens (including phenoxy) is 2. The summed E-state index contributed by atoms with van der Waals surface area (Å²) in [5, 5.41) is 2.55. The molecule has 0 bridgehead atoms. The molecule has 1 aromatic carbocycles. The Morgan fingerprint density at radius 2 is 1.92 bits per heavy atom. The van der Waals surface area contributed by atoms with E-state index in [0.29, 0.717) is 30.8 Å². The van der Waals surface area contributed by atoms with Crippen LogP contribution in [0, 0.1) is 5.92 Å². The molecule has 1 aliphatic heterocycles. The standard InChI is InChI=1S/C17H22N2O5/c1-23-14-7-5-12(6-8-14)17(22)19-9-3-4-13(11-19)16(21)18-10-15(20)24-2/h5-8,13H,3-4,9-11H2,1-2H3,(H,18,21). The van der Waals surface area contributed by atoms with Gasteiger partial charge < -0.3 is 19.7 Å². The van der Waals surface area contributed by atoms with Crippen LogP contribution < -0.4 is 10.1 Å². The van der Waals surface area contributed by atoms with Crippen molar-refractivity contribution in [1.82, 2.24) is 10.2 Å². The van der Waals surface area contributed by atoms with Gasteiger partial charge in [0.15, 0.2) is 0 Å². The Kier molecular flexibility index (Phi) is 6.17. The summed E-state index contributed by atoms with van der Waals surface area (Å²) in [5.74, 6) is -0.461. The number of nitrogens with one attached hydrogen (secondary N) is 1. The van der Waals surface area contributed by atoms with Gasteiger partial charge in [0, 0.05) is 18.7 Å². The van der Waals surface area contributed by atoms with Crippen molar-refractivity contribution in [3.05, 3.63) is 29.8 Å². The van der Waals surface area contributed by atoms with Gasteiger partial charge in [-0.05, 0) is 37.1 Å². The fourth-order valence-corrected chi connectivity index (χ4v) is 2.67. The summed E-state index contributed by atoms with van der Waals surface area (Å²) in [4.78, 5) is 37.5. The summed E-state index contributed by atoms with van der Waals surface area (Å²) in [5.41, 5.74) is 0.561. The van der Waals surface area contributed by atoms with E-state index in [1.54, 1.807) is 36.3 Å². The molecule has 1 aromatic rings. The molecular formula is C17H22N2O5. The first-order valence-electron chi connectivity index (χ1n) is 7.83. The molecule has 1 saturated heterocycles. The molecule has 7 heteroatoms. The Hall–Kier alpha value is -2.57. The predicted molar refractivity (Wildman–Crippen MR) is 86.6 cm³/mol. The van der Waals surface area contributed by atoms with Crippen LogP contribution in [0.15, 0.2) is 24.3 Å². The van der Waals surface area contributed by atoms with Gasteiger partial charge in [-0.1, -0.05) is 0 Å². The number of carbonyl (C=O) groups excluding carboxylic acids is 3. The quantitative estimate of drug-likeness (QED) is 0.807. The lowest BCUT2D eigenvalue weighted by Crippen LogP contribution is -2.46. The van der Waals surface area contributed by atoms with Gasteiger partial charge in [0.25, 0.3) is 5.91 Å². The molecule has 2 amide bonds. The lowest BCUT2D eigenvalue weighted by atomic mass is 9.96. The van der Waals surface area contributed by atoms with Crippen molar-refractivity contribution in [3.63, 3.8) is 0 Å². The summed E-state index contributed by atoms with van der Waals surface area (Å²) in [7, 11) is 2.84. The van der Waals surface area contributed by atoms with Crippen LogP contribution in [0.3, 0.4) is 0 Å². The average molecular weight is 334 g/mol. The van der Waals surface area contributed by atoms with Gasteiger partial charge in [0.05, 0.1) is 20.1 Å². The minimum Gasteiger partial charge on any atom is -0.497 e. The highest BCUT2D eigenvalue weighted by atomic mass is 16.5. The number of likely N-dealkylation sites (tertiary alicyclic amines) is 1. The second-order valence-electron chi connectivity index (χ2n) is 5.61. The van der Waals surface area contributed by atoms with Crippen molar-refractivity contribution in [2.24, 2.45) is 5.92 Å². The zero-order valence-corrected chi connectivity index (χ0v) is 13.9. The van der Waals surface area contributed by atoms with Gasteiger partial charge in [-0.2, -0.15) is 0 Å². The number of piperidine rings is 1. The van der Waals surface area contributed by atoms with E-state index >= 15 is 0 Å². The molecule has 2 rings (SSSR count). The summed E-state index contributed by atoms with van der Waals surface area (Å²) in [6.07, 6.45) is 1.44. The van der Waals surface area contributed by atoms with E-state index in [1.807, 2.05) is 0 Å². The monoisotopic (exact) mass is 334 g/mol. The van der Waals surface area contributed by atoms with Crippen LogP contribution in [0.2, 0.25) is 0 Å². The molecule has 1 fully saturated rings. The number of rotatable bonds is 5. The Balaban J connectivity index is 1.95. The maximum atomic E-state index is 12.6. The fraction of sp³-hybridized carbons (Fsp3) is 0.471. The highest BCUT2D eigenvalue weighted by molar-refractivity contribution is 5.95. The minimum absolute atomic E-state index is 0.108. The van der Waals surface area contributed by atoms with Crippen LogP contribution in [-0.2, 0) is 14.3 Å². The number of amides is 2. The number of benzene rings is 1. The number of carbonyl (C=O) groups is 3. The zero-order valence-electron chi connectivity index (χ0n) is 13.9. The third-order valence-electron chi connectivity index (χ3n) is 4.05. The van der Waals surface area contributed by atoms with E-state index < -0.39 is 5.97 Å². The van der Waals surface area contributed by atoms with Crippen LogP contribution in [-0.4, -0.2) is 56.5 Å².